The van der Waals surface area contributed by atoms with Crippen LogP contribution in [0.15, 0.2) is 54.9 Å². The van der Waals surface area contributed by atoms with Crippen molar-refractivity contribution in [1.29, 1.82) is 0 Å². The molecule has 2 aromatic heterocycles. The van der Waals surface area contributed by atoms with Crippen LogP contribution in [-0.4, -0.2) is 21.0 Å². The van der Waals surface area contributed by atoms with E-state index in [-0.39, 0.29) is 5.56 Å². The van der Waals surface area contributed by atoms with Crippen molar-refractivity contribution < 1.29 is 9.90 Å². The van der Waals surface area contributed by atoms with Gasteiger partial charge in [0.2, 0.25) is 0 Å². The number of rotatable bonds is 3. The number of aromatic carboxylic acids is 1. The lowest BCUT2D eigenvalue weighted by Crippen LogP contribution is -1.98. The molecule has 0 radical (unpaired) electrons. The molecular weight excluding hydrogens is 264 g/mol. The van der Waals surface area contributed by atoms with Crippen molar-refractivity contribution in [1.82, 2.24) is 9.97 Å². The SMILES string of the molecule is O=C(O)c1ccnc2ccc(/C=C/c3ccccn3)cc12. The highest BCUT2D eigenvalue weighted by atomic mass is 16.4. The third-order valence-corrected chi connectivity index (χ3v) is 3.13. The topological polar surface area (TPSA) is 63.1 Å². The van der Waals surface area contributed by atoms with Crippen LogP contribution in [-0.2, 0) is 0 Å². The first-order chi connectivity index (χ1) is 10.2. The molecule has 4 heteroatoms. The quantitative estimate of drug-likeness (QED) is 0.795. The number of hydrogen-bond donors (Lipinski definition) is 1. The van der Waals surface area contributed by atoms with E-state index in [1.54, 1.807) is 6.20 Å². The van der Waals surface area contributed by atoms with E-state index in [0.717, 1.165) is 11.3 Å². The zero-order valence-electron chi connectivity index (χ0n) is 11.1. The number of pyridine rings is 2. The molecule has 1 aromatic carbocycles. The largest absolute Gasteiger partial charge is 0.478 e. The third-order valence-electron chi connectivity index (χ3n) is 3.13. The summed E-state index contributed by atoms with van der Waals surface area (Å²) in [5.74, 6) is -0.951. The molecule has 0 fully saturated rings. The summed E-state index contributed by atoms with van der Waals surface area (Å²) in [5, 5.41) is 9.86. The second-order valence-corrected chi connectivity index (χ2v) is 4.53. The first kappa shape index (κ1) is 13.0. The minimum atomic E-state index is -0.951. The molecular formula is C17H12N2O2. The molecule has 0 saturated carbocycles. The molecule has 0 aliphatic carbocycles. The third kappa shape index (κ3) is 2.79. The van der Waals surface area contributed by atoms with Crippen LogP contribution in [0.5, 0.6) is 0 Å². The molecule has 0 spiro atoms. The molecule has 3 rings (SSSR count). The molecule has 1 N–H and O–H groups in total. The maximum absolute atomic E-state index is 11.2. The van der Waals surface area contributed by atoms with E-state index in [4.69, 9.17) is 0 Å². The van der Waals surface area contributed by atoms with Gasteiger partial charge in [-0.15, -0.1) is 0 Å². The van der Waals surface area contributed by atoms with Gasteiger partial charge in [0, 0.05) is 17.8 Å². The van der Waals surface area contributed by atoms with Crippen LogP contribution in [0.2, 0.25) is 0 Å². The fraction of sp³-hybridized carbons (Fsp3) is 0. The zero-order valence-corrected chi connectivity index (χ0v) is 11.1. The normalized spacial score (nSPS) is 11.0. The predicted octanol–water partition coefficient (Wildman–Crippen LogP) is 3.50. The molecule has 0 unspecified atom stereocenters. The van der Waals surface area contributed by atoms with E-state index in [9.17, 15) is 9.90 Å². The first-order valence-corrected chi connectivity index (χ1v) is 6.45. The Balaban J connectivity index is 2.03. The predicted molar refractivity (Wildman–Crippen MR) is 81.9 cm³/mol. The Morgan fingerprint density at radius 1 is 1.00 bits per heavy atom. The summed E-state index contributed by atoms with van der Waals surface area (Å²) in [6, 6.07) is 12.7. The molecule has 0 atom stereocenters. The number of hydrogen-bond acceptors (Lipinski definition) is 3. The number of nitrogens with zero attached hydrogens (tertiary/aromatic N) is 2. The fourth-order valence-electron chi connectivity index (χ4n) is 2.11. The van der Waals surface area contributed by atoms with Gasteiger partial charge in [-0.3, -0.25) is 9.97 Å². The van der Waals surface area contributed by atoms with Crippen molar-refractivity contribution in [2.75, 3.05) is 0 Å². The fourth-order valence-corrected chi connectivity index (χ4v) is 2.11. The van der Waals surface area contributed by atoms with Gasteiger partial charge in [0.1, 0.15) is 0 Å². The van der Waals surface area contributed by atoms with Gasteiger partial charge in [-0.25, -0.2) is 4.79 Å². The van der Waals surface area contributed by atoms with Crippen LogP contribution >= 0.6 is 0 Å². The lowest BCUT2D eigenvalue weighted by molar-refractivity contribution is 0.0699. The highest BCUT2D eigenvalue weighted by Crippen LogP contribution is 2.19. The first-order valence-electron chi connectivity index (χ1n) is 6.45. The molecule has 102 valence electrons. The summed E-state index contributed by atoms with van der Waals surface area (Å²) in [6.07, 6.45) is 7.03. The summed E-state index contributed by atoms with van der Waals surface area (Å²) < 4.78 is 0. The van der Waals surface area contributed by atoms with Gasteiger partial charge in [0.15, 0.2) is 0 Å². The van der Waals surface area contributed by atoms with Gasteiger partial charge in [-0.1, -0.05) is 18.2 Å². The number of carbonyl (C=O) groups is 1. The van der Waals surface area contributed by atoms with Crippen LogP contribution in [0.4, 0.5) is 0 Å². The molecule has 21 heavy (non-hydrogen) atoms. The molecule has 0 saturated heterocycles. The monoisotopic (exact) mass is 276 g/mol. The van der Waals surface area contributed by atoms with Crippen molar-refractivity contribution in [2.24, 2.45) is 0 Å². The van der Waals surface area contributed by atoms with Gasteiger partial charge < -0.3 is 5.11 Å². The standard InChI is InChI=1S/C17H12N2O2/c20-17(21)14-8-10-19-16-7-5-12(11-15(14)16)4-6-13-3-1-2-9-18-13/h1-11H,(H,20,21)/b6-4+. The Hall–Kier alpha value is -3.01. The summed E-state index contributed by atoms with van der Waals surface area (Å²) in [5.41, 5.74) is 2.68. The Morgan fingerprint density at radius 3 is 2.67 bits per heavy atom. The highest BCUT2D eigenvalue weighted by Gasteiger charge is 2.08. The Morgan fingerprint density at radius 2 is 1.90 bits per heavy atom. The molecule has 0 amide bonds. The Kier molecular flexibility index (Phi) is 3.43. The summed E-state index contributed by atoms with van der Waals surface area (Å²) in [4.78, 5) is 19.6. The van der Waals surface area contributed by atoms with E-state index in [1.165, 1.54) is 12.3 Å². The molecule has 4 nitrogen and oxygen atoms in total. The Labute approximate surface area is 121 Å². The van der Waals surface area contributed by atoms with Crippen molar-refractivity contribution in [3.05, 3.63) is 71.7 Å². The van der Waals surface area contributed by atoms with Crippen molar-refractivity contribution in [2.45, 2.75) is 0 Å². The van der Waals surface area contributed by atoms with Crippen molar-refractivity contribution in [3.63, 3.8) is 0 Å². The van der Waals surface area contributed by atoms with Gasteiger partial charge in [0.25, 0.3) is 0 Å². The van der Waals surface area contributed by atoms with Gasteiger partial charge in [0.05, 0.1) is 16.8 Å². The second-order valence-electron chi connectivity index (χ2n) is 4.53. The minimum absolute atomic E-state index is 0.257. The number of benzene rings is 1. The molecule has 0 aliphatic heterocycles. The maximum Gasteiger partial charge on any atom is 0.336 e. The van der Waals surface area contributed by atoms with E-state index in [1.807, 2.05) is 48.6 Å². The number of carboxylic acid groups (broad SMARTS) is 1. The maximum atomic E-state index is 11.2. The average Bonchev–Trinajstić information content (AvgIpc) is 2.53. The van der Waals surface area contributed by atoms with E-state index in [0.29, 0.717) is 10.9 Å². The summed E-state index contributed by atoms with van der Waals surface area (Å²) in [7, 11) is 0. The average molecular weight is 276 g/mol. The number of fused-ring (bicyclic) bond motifs is 1. The number of carboxylic acids is 1. The van der Waals surface area contributed by atoms with Crippen LogP contribution in [0.1, 0.15) is 21.6 Å². The van der Waals surface area contributed by atoms with E-state index in [2.05, 4.69) is 9.97 Å². The highest BCUT2D eigenvalue weighted by molar-refractivity contribution is 6.02. The molecule has 3 aromatic rings. The van der Waals surface area contributed by atoms with Gasteiger partial charge in [-0.05, 0) is 42.0 Å². The molecule has 0 aliphatic rings. The van der Waals surface area contributed by atoms with Crippen LogP contribution in [0.3, 0.4) is 0 Å². The van der Waals surface area contributed by atoms with Crippen molar-refractivity contribution in [3.8, 4) is 0 Å². The smallest absolute Gasteiger partial charge is 0.336 e. The van der Waals surface area contributed by atoms with Gasteiger partial charge >= 0.3 is 5.97 Å². The summed E-state index contributed by atoms with van der Waals surface area (Å²) >= 11 is 0. The van der Waals surface area contributed by atoms with Crippen LogP contribution in [0.25, 0.3) is 23.1 Å². The van der Waals surface area contributed by atoms with E-state index < -0.39 is 5.97 Å². The van der Waals surface area contributed by atoms with Crippen molar-refractivity contribution >= 4 is 29.0 Å². The molecule has 0 bridgehead atoms. The number of aromatic nitrogens is 2. The second kappa shape index (κ2) is 5.54. The zero-order chi connectivity index (χ0) is 14.7. The summed E-state index contributed by atoms with van der Waals surface area (Å²) in [6.45, 7) is 0. The lowest BCUT2D eigenvalue weighted by Gasteiger charge is -2.03. The Bertz CT molecular complexity index is 827. The van der Waals surface area contributed by atoms with E-state index >= 15 is 0 Å². The van der Waals surface area contributed by atoms with Crippen LogP contribution in [0, 0.1) is 0 Å². The van der Waals surface area contributed by atoms with Gasteiger partial charge in [-0.2, -0.15) is 0 Å². The molecule has 2 heterocycles. The van der Waals surface area contributed by atoms with Crippen LogP contribution < -0.4 is 0 Å². The lowest BCUT2D eigenvalue weighted by atomic mass is 10.1. The minimum Gasteiger partial charge on any atom is -0.478 e.